The lowest BCUT2D eigenvalue weighted by Crippen LogP contribution is -2.45. The number of ether oxygens (including phenoxy) is 5. The van der Waals surface area contributed by atoms with Crippen LogP contribution in [0.5, 0.6) is 0 Å². The van der Waals surface area contributed by atoms with Gasteiger partial charge in [0.25, 0.3) is 10.1 Å². The van der Waals surface area contributed by atoms with Crippen molar-refractivity contribution in [1.29, 1.82) is 0 Å². The third-order valence-corrected chi connectivity index (χ3v) is 7.43. The topological polar surface area (TPSA) is 89.5 Å². The molecular formula is C22H32O8S. The molecule has 0 amide bonds. The summed E-state index contributed by atoms with van der Waals surface area (Å²) in [5.41, 5.74) is 0.696. The molecule has 3 heterocycles. The van der Waals surface area contributed by atoms with E-state index in [4.69, 9.17) is 27.9 Å². The molecule has 0 spiro atoms. The Kier molecular flexibility index (Phi) is 6.24. The van der Waals surface area contributed by atoms with Crippen molar-refractivity contribution in [2.24, 2.45) is 0 Å². The van der Waals surface area contributed by atoms with E-state index in [1.54, 1.807) is 39.8 Å². The number of benzene rings is 1. The van der Waals surface area contributed by atoms with E-state index in [2.05, 4.69) is 0 Å². The molecule has 0 bridgehead atoms. The monoisotopic (exact) mass is 456 g/mol. The highest BCUT2D eigenvalue weighted by Gasteiger charge is 2.60. The first-order chi connectivity index (χ1) is 14.5. The molecule has 4 rings (SSSR count). The van der Waals surface area contributed by atoms with Crippen molar-refractivity contribution in [3.05, 3.63) is 35.9 Å². The molecule has 0 aliphatic carbocycles. The van der Waals surface area contributed by atoms with Crippen LogP contribution >= 0.6 is 0 Å². The first-order valence-corrected chi connectivity index (χ1v) is 12.3. The van der Waals surface area contributed by atoms with Gasteiger partial charge in [-0.15, -0.1) is 0 Å². The Balaban J connectivity index is 1.61. The minimum absolute atomic E-state index is 0.261. The Morgan fingerprint density at radius 1 is 1.03 bits per heavy atom. The number of hydrogen-bond acceptors (Lipinski definition) is 8. The van der Waals surface area contributed by atoms with E-state index in [0.717, 1.165) is 0 Å². The van der Waals surface area contributed by atoms with Crippen molar-refractivity contribution < 1.29 is 36.3 Å². The molecule has 3 aliphatic heterocycles. The summed E-state index contributed by atoms with van der Waals surface area (Å²) in [6, 6.07) is 9.12. The van der Waals surface area contributed by atoms with E-state index in [9.17, 15) is 8.42 Å². The molecule has 3 fully saturated rings. The highest BCUT2D eigenvalue weighted by molar-refractivity contribution is 7.87. The van der Waals surface area contributed by atoms with Crippen LogP contribution in [0, 0.1) is 0 Å². The Labute approximate surface area is 184 Å². The predicted molar refractivity (Wildman–Crippen MR) is 111 cm³/mol. The average molecular weight is 457 g/mol. The summed E-state index contributed by atoms with van der Waals surface area (Å²) < 4.78 is 62.3. The summed E-state index contributed by atoms with van der Waals surface area (Å²) >= 11 is 0. The predicted octanol–water partition coefficient (Wildman–Crippen LogP) is 3.27. The minimum Gasteiger partial charge on any atom is -0.348 e. The zero-order chi connectivity index (χ0) is 22.4. The Morgan fingerprint density at radius 3 is 2.35 bits per heavy atom. The SMILES string of the molecule is CCCC(c1ccccc1)S(=O)(=O)O[C@H]1[C@@H]2OC(C)(C)O[C@@H]2O[C@H]1[C@H]1COC(C)(C)O1. The average Bonchev–Trinajstić information content (AvgIpc) is 3.30. The Morgan fingerprint density at radius 2 is 1.74 bits per heavy atom. The zero-order valence-electron chi connectivity index (χ0n) is 18.6. The van der Waals surface area contributed by atoms with E-state index in [-0.39, 0.29) is 6.61 Å². The van der Waals surface area contributed by atoms with Gasteiger partial charge in [-0.05, 0) is 39.7 Å². The molecular weight excluding hydrogens is 424 g/mol. The Hall–Kier alpha value is -1.07. The van der Waals surface area contributed by atoms with Crippen LogP contribution in [-0.4, -0.2) is 57.3 Å². The van der Waals surface area contributed by atoms with Gasteiger partial charge < -0.3 is 23.7 Å². The number of fused-ring (bicyclic) bond motifs is 1. The highest BCUT2D eigenvalue weighted by atomic mass is 32.2. The van der Waals surface area contributed by atoms with Crippen LogP contribution in [0.4, 0.5) is 0 Å². The third kappa shape index (κ3) is 4.83. The molecule has 0 N–H and O–H groups in total. The zero-order valence-corrected chi connectivity index (χ0v) is 19.5. The Bertz CT molecular complexity index is 869. The van der Waals surface area contributed by atoms with Crippen LogP contribution in [0.1, 0.15) is 58.3 Å². The molecule has 1 unspecified atom stereocenters. The van der Waals surface area contributed by atoms with Gasteiger partial charge in [-0.2, -0.15) is 8.42 Å². The molecule has 174 valence electrons. The third-order valence-electron chi connectivity index (χ3n) is 5.74. The number of rotatable bonds is 7. The van der Waals surface area contributed by atoms with Gasteiger partial charge in [0.2, 0.25) is 0 Å². The fraction of sp³-hybridized carbons (Fsp3) is 0.727. The maximum Gasteiger partial charge on any atom is 0.274 e. The summed E-state index contributed by atoms with van der Waals surface area (Å²) in [6.07, 6.45) is -2.42. The second kappa shape index (κ2) is 8.37. The fourth-order valence-electron chi connectivity index (χ4n) is 4.42. The normalized spacial score (nSPS) is 35.2. The van der Waals surface area contributed by atoms with Crippen LogP contribution in [0.15, 0.2) is 30.3 Å². The summed E-state index contributed by atoms with van der Waals surface area (Å²) in [6.45, 7) is 9.34. The molecule has 9 heteroatoms. The largest absolute Gasteiger partial charge is 0.348 e. The fourth-order valence-corrected chi connectivity index (χ4v) is 6.10. The van der Waals surface area contributed by atoms with Crippen molar-refractivity contribution in [3.8, 4) is 0 Å². The van der Waals surface area contributed by atoms with Crippen molar-refractivity contribution in [1.82, 2.24) is 0 Å². The van der Waals surface area contributed by atoms with Crippen LogP contribution in [0.2, 0.25) is 0 Å². The maximum absolute atomic E-state index is 13.5. The molecule has 3 aliphatic rings. The van der Waals surface area contributed by atoms with E-state index < -0.39 is 57.6 Å². The minimum atomic E-state index is -4.00. The molecule has 1 aromatic rings. The van der Waals surface area contributed by atoms with Crippen LogP contribution in [-0.2, 0) is 38.0 Å². The van der Waals surface area contributed by atoms with Crippen LogP contribution in [0.3, 0.4) is 0 Å². The molecule has 0 aromatic heterocycles. The molecule has 8 nitrogen and oxygen atoms in total. The van der Waals surface area contributed by atoms with Crippen molar-refractivity contribution in [3.63, 3.8) is 0 Å². The lowest BCUT2D eigenvalue weighted by Gasteiger charge is -2.29. The first-order valence-electron chi connectivity index (χ1n) is 10.8. The summed E-state index contributed by atoms with van der Waals surface area (Å²) in [5, 5.41) is -0.786. The summed E-state index contributed by atoms with van der Waals surface area (Å²) in [5.74, 6) is -1.69. The lowest BCUT2D eigenvalue weighted by atomic mass is 10.1. The molecule has 1 aromatic carbocycles. The molecule has 0 saturated carbocycles. The van der Waals surface area contributed by atoms with Crippen molar-refractivity contribution >= 4 is 10.1 Å². The van der Waals surface area contributed by atoms with Gasteiger partial charge in [-0.1, -0.05) is 43.7 Å². The van der Waals surface area contributed by atoms with Gasteiger partial charge >= 0.3 is 0 Å². The van der Waals surface area contributed by atoms with Crippen LogP contribution in [0.25, 0.3) is 0 Å². The summed E-state index contributed by atoms with van der Waals surface area (Å²) in [7, 11) is -4.00. The van der Waals surface area contributed by atoms with E-state index in [0.29, 0.717) is 18.4 Å². The standard InChI is InChI=1S/C22H32O8S/c1-6-10-16(14-11-8-7-9-12-14)31(23,24)30-18-17(15-13-25-21(2,3)27-15)26-20-19(18)28-22(4,5)29-20/h7-9,11-12,15-20H,6,10,13H2,1-5H3/t15-,16?,17+,18-,19+,20+/m1/s1. The van der Waals surface area contributed by atoms with Gasteiger partial charge in [0.1, 0.15) is 29.7 Å². The quantitative estimate of drug-likeness (QED) is 0.578. The van der Waals surface area contributed by atoms with E-state index in [1.807, 2.05) is 25.1 Å². The second-order valence-electron chi connectivity index (χ2n) is 9.18. The van der Waals surface area contributed by atoms with Gasteiger partial charge in [-0.25, -0.2) is 0 Å². The van der Waals surface area contributed by atoms with Gasteiger partial charge in [0.05, 0.1) is 6.61 Å². The van der Waals surface area contributed by atoms with Crippen molar-refractivity contribution in [2.45, 2.75) is 95.0 Å². The number of hydrogen-bond donors (Lipinski definition) is 0. The van der Waals surface area contributed by atoms with Gasteiger partial charge in [-0.3, -0.25) is 4.18 Å². The molecule has 6 atom stereocenters. The highest BCUT2D eigenvalue weighted by Crippen LogP contribution is 2.43. The van der Waals surface area contributed by atoms with Crippen LogP contribution < -0.4 is 0 Å². The molecule has 0 radical (unpaired) electrons. The maximum atomic E-state index is 13.5. The lowest BCUT2D eigenvalue weighted by molar-refractivity contribution is -0.230. The second-order valence-corrected chi connectivity index (χ2v) is 10.9. The first kappa shape index (κ1) is 23.1. The van der Waals surface area contributed by atoms with E-state index in [1.165, 1.54) is 0 Å². The van der Waals surface area contributed by atoms with Gasteiger partial charge in [0, 0.05) is 0 Å². The molecule has 3 saturated heterocycles. The smallest absolute Gasteiger partial charge is 0.274 e. The van der Waals surface area contributed by atoms with Crippen molar-refractivity contribution in [2.75, 3.05) is 6.61 Å². The van der Waals surface area contributed by atoms with Gasteiger partial charge in [0.15, 0.2) is 17.9 Å². The summed E-state index contributed by atoms with van der Waals surface area (Å²) in [4.78, 5) is 0. The molecule has 31 heavy (non-hydrogen) atoms. The van der Waals surface area contributed by atoms with E-state index >= 15 is 0 Å².